The third kappa shape index (κ3) is 2.05. The first-order valence-electron chi connectivity index (χ1n) is 5.14. The standard InChI is InChI=1S/C12H16O4/c1-7-5-8(13)6-9(10(7)14)12(2,3)11(15)16-4/h5,9H,6H2,1-4H3/t9-/m1/s1. The SMILES string of the molecule is COC(=O)C(C)(C)[C@@H]1CC(=O)C=C(C)C1=O. The first-order valence-corrected chi connectivity index (χ1v) is 5.14. The van der Waals surface area contributed by atoms with Gasteiger partial charge < -0.3 is 4.74 Å². The highest BCUT2D eigenvalue weighted by Gasteiger charge is 2.44. The highest BCUT2D eigenvalue weighted by Crippen LogP contribution is 2.35. The first-order chi connectivity index (χ1) is 7.30. The number of hydrogen-bond acceptors (Lipinski definition) is 4. The number of esters is 1. The number of allylic oxidation sites excluding steroid dienone is 2. The van der Waals surface area contributed by atoms with Gasteiger partial charge in [-0.2, -0.15) is 0 Å². The number of ether oxygens (including phenoxy) is 1. The summed E-state index contributed by atoms with van der Waals surface area (Å²) in [4.78, 5) is 34.9. The maximum atomic E-state index is 11.9. The second-order valence-corrected chi connectivity index (χ2v) is 4.63. The number of methoxy groups -OCH3 is 1. The Morgan fingerprint density at radius 2 is 2.00 bits per heavy atom. The van der Waals surface area contributed by atoms with Crippen LogP contribution in [0.25, 0.3) is 0 Å². The van der Waals surface area contributed by atoms with Gasteiger partial charge in [-0.1, -0.05) is 0 Å². The van der Waals surface area contributed by atoms with Gasteiger partial charge in [-0.05, 0) is 32.4 Å². The van der Waals surface area contributed by atoms with Crippen LogP contribution in [0.1, 0.15) is 27.2 Å². The van der Waals surface area contributed by atoms with Crippen LogP contribution in [0, 0.1) is 11.3 Å². The van der Waals surface area contributed by atoms with Crippen molar-refractivity contribution in [2.75, 3.05) is 7.11 Å². The maximum Gasteiger partial charge on any atom is 0.311 e. The van der Waals surface area contributed by atoms with Gasteiger partial charge in [0.2, 0.25) is 0 Å². The molecule has 16 heavy (non-hydrogen) atoms. The summed E-state index contributed by atoms with van der Waals surface area (Å²) < 4.78 is 4.67. The zero-order valence-electron chi connectivity index (χ0n) is 9.99. The van der Waals surface area contributed by atoms with Crippen molar-refractivity contribution in [1.82, 2.24) is 0 Å². The maximum absolute atomic E-state index is 11.9. The second-order valence-electron chi connectivity index (χ2n) is 4.63. The quantitative estimate of drug-likeness (QED) is 0.663. The van der Waals surface area contributed by atoms with Crippen LogP contribution in [-0.4, -0.2) is 24.6 Å². The normalized spacial score (nSPS) is 21.8. The van der Waals surface area contributed by atoms with Crippen LogP contribution in [0.4, 0.5) is 0 Å². The van der Waals surface area contributed by atoms with E-state index in [1.54, 1.807) is 20.8 Å². The van der Waals surface area contributed by atoms with Crippen LogP contribution in [-0.2, 0) is 19.1 Å². The Kier molecular flexibility index (Phi) is 3.31. The number of hydrogen-bond donors (Lipinski definition) is 0. The third-order valence-electron chi connectivity index (χ3n) is 3.07. The van der Waals surface area contributed by atoms with E-state index in [-0.39, 0.29) is 18.0 Å². The van der Waals surface area contributed by atoms with Crippen LogP contribution in [0.3, 0.4) is 0 Å². The number of carbonyl (C=O) groups is 3. The van der Waals surface area contributed by atoms with Crippen LogP contribution in [0.15, 0.2) is 11.6 Å². The van der Waals surface area contributed by atoms with E-state index >= 15 is 0 Å². The molecule has 0 heterocycles. The van der Waals surface area contributed by atoms with Crippen LogP contribution in [0.2, 0.25) is 0 Å². The summed E-state index contributed by atoms with van der Waals surface area (Å²) in [7, 11) is 1.28. The molecular weight excluding hydrogens is 208 g/mol. The Labute approximate surface area is 94.7 Å². The molecule has 1 aliphatic carbocycles. The molecule has 0 aromatic carbocycles. The molecule has 0 N–H and O–H groups in total. The van der Waals surface area contributed by atoms with Gasteiger partial charge in [0.05, 0.1) is 12.5 Å². The van der Waals surface area contributed by atoms with E-state index in [0.717, 1.165) is 0 Å². The molecule has 0 radical (unpaired) electrons. The molecule has 0 unspecified atom stereocenters. The lowest BCUT2D eigenvalue weighted by atomic mass is 9.70. The Bertz CT molecular complexity index is 376. The van der Waals surface area contributed by atoms with Crippen molar-refractivity contribution in [3.8, 4) is 0 Å². The Hall–Kier alpha value is -1.45. The average molecular weight is 224 g/mol. The van der Waals surface area contributed by atoms with Crippen molar-refractivity contribution >= 4 is 17.5 Å². The molecule has 1 aliphatic rings. The van der Waals surface area contributed by atoms with E-state index in [2.05, 4.69) is 4.74 Å². The average Bonchev–Trinajstić information content (AvgIpc) is 2.21. The Balaban J connectivity index is 3.06. The van der Waals surface area contributed by atoms with Gasteiger partial charge in [0.15, 0.2) is 11.6 Å². The highest BCUT2D eigenvalue weighted by atomic mass is 16.5. The molecule has 0 saturated carbocycles. The van der Waals surface area contributed by atoms with Gasteiger partial charge in [0.25, 0.3) is 0 Å². The molecule has 0 aromatic heterocycles. The lowest BCUT2D eigenvalue weighted by Gasteiger charge is -2.32. The lowest BCUT2D eigenvalue weighted by Crippen LogP contribution is -2.41. The molecule has 0 amide bonds. The molecule has 0 aliphatic heterocycles. The van der Waals surface area contributed by atoms with Crippen molar-refractivity contribution < 1.29 is 19.1 Å². The molecule has 4 nitrogen and oxygen atoms in total. The zero-order valence-corrected chi connectivity index (χ0v) is 9.99. The van der Waals surface area contributed by atoms with E-state index in [0.29, 0.717) is 5.57 Å². The second kappa shape index (κ2) is 4.20. The summed E-state index contributed by atoms with van der Waals surface area (Å²) in [5, 5.41) is 0. The molecule has 0 saturated heterocycles. The molecule has 1 atom stereocenters. The van der Waals surface area contributed by atoms with Gasteiger partial charge in [0, 0.05) is 12.3 Å². The van der Waals surface area contributed by atoms with Crippen molar-refractivity contribution in [1.29, 1.82) is 0 Å². The smallest absolute Gasteiger partial charge is 0.311 e. The van der Waals surface area contributed by atoms with E-state index in [1.165, 1.54) is 13.2 Å². The minimum Gasteiger partial charge on any atom is -0.469 e. The minimum atomic E-state index is -0.961. The molecule has 0 fully saturated rings. The third-order valence-corrected chi connectivity index (χ3v) is 3.07. The summed E-state index contributed by atoms with van der Waals surface area (Å²) in [6, 6.07) is 0. The summed E-state index contributed by atoms with van der Waals surface area (Å²) in [6.07, 6.45) is 1.42. The Morgan fingerprint density at radius 1 is 1.44 bits per heavy atom. The van der Waals surface area contributed by atoms with Gasteiger partial charge in [-0.3, -0.25) is 14.4 Å². The first kappa shape index (κ1) is 12.6. The molecule has 4 heteroatoms. The van der Waals surface area contributed by atoms with Gasteiger partial charge >= 0.3 is 5.97 Å². The topological polar surface area (TPSA) is 60.4 Å². The lowest BCUT2D eigenvalue weighted by molar-refractivity contribution is -0.157. The molecule has 0 aromatic rings. The van der Waals surface area contributed by atoms with Gasteiger partial charge in [-0.25, -0.2) is 0 Å². The van der Waals surface area contributed by atoms with E-state index in [4.69, 9.17) is 0 Å². The summed E-state index contributed by atoms with van der Waals surface area (Å²) in [5.41, 5.74) is -0.546. The van der Waals surface area contributed by atoms with Crippen LogP contribution < -0.4 is 0 Å². The van der Waals surface area contributed by atoms with Crippen molar-refractivity contribution in [2.45, 2.75) is 27.2 Å². The summed E-state index contributed by atoms with van der Waals surface area (Å²) in [5.74, 6) is -1.33. The number of carbonyl (C=O) groups excluding carboxylic acids is 3. The fourth-order valence-electron chi connectivity index (χ4n) is 1.93. The van der Waals surface area contributed by atoms with Crippen molar-refractivity contribution in [3.05, 3.63) is 11.6 Å². The molecule has 88 valence electrons. The van der Waals surface area contributed by atoms with E-state index < -0.39 is 17.3 Å². The minimum absolute atomic E-state index is 0.0816. The van der Waals surface area contributed by atoms with E-state index in [1.807, 2.05) is 0 Å². The number of ketones is 2. The Morgan fingerprint density at radius 3 is 2.50 bits per heavy atom. The number of rotatable bonds is 2. The van der Waals surface area contributed by atoms with Crippen molar-refractivity contribution in [3.63, 3.8) is 0 Å². The summed E-state index contributed by atoms with van der Waals surface area (Å²) >= 11 is 0. The molecule has 1 rings (SSSR count). The van der Waals surface area contributed by atoms with Gasteiger partial charge in [0.1, 0.15) is 0 Å². The zero-order chi connectivity index (χ0) is 12.5. The van der Waals surface area contributed by atoms with Crippen LogP contribution >= 0.6 is 0 Å². The predicted octanol–water partition coefficient (Wildman–Crippen LogP) is 1.29. The van der Waals surface area contributed by atoms with E-state index in [9.17, 15) is 14.4 Å². The molecule has 0 bridgehead atoms. The highest BCUT2D eigenvalue weighted by molar-refractivity contribution is 6.10. The van der Waals surface area contributed by atoms with Gasteiger partial charge in [-0.15, -0.1) is 0 Å². The fourth-order valence-corrected chi connectivity index (χ4v) is 1.93. The monoisotopic (exact) mass is 224 g/mol. The fraction of sp³-hybridized carbons (Fsp3) is 0.583. The predicted molar refractivity (Wildman–Crippen MR) is 57.7 cm³/mol. The van der Waals surface area contributed by atoms with Crippen LogP contribution in [0.5, 0.6) is 0 Å². The summed E-state index contributed by atoms with van der Waals surface area (Å²) in [6.45, 7) is 4.86. The molecule has 0 spiro atoms. The largest absolute Gasteiger partial charge is 0.469 e. The molecular formula is C12H16O4. The van der Waals surface area contributed by atoms with Crippen molar-refractivity contribution in [2.24, 2.45) is 11.3 Å². The number of Topliss-reactive ketones (excluding diaryl/α,β-unsaturated/α-hetero) is 1.